The van der Waals surface area contributed by atoms with Gasteiger partial charge >= 0.3 is 0 Å². The molecule has 0 unspecified atom stereocenters. The molecule has 1 aliphatic rings. The number of piperidine rings is 1. The molecule has 1 saturated heterocycles. The third-order valence-electron chi connectivity index (χ3n) is 4.99. The van der Waals surface area contributed by atoms with Crippen molar-refractivity contribution in [1.82, 2.24) is 13.9 Å². The maximum Gasteiger partial charge on any atom is 0.282 e. The Kier molecular flexibility index (Phi) is 6.53. The van der Waals surface area contributed by atoms with Gasteiger partial charge in [-0.15, -0.1) is 0 Å². The summed E-state index contributed by atoms with van der Waals surface area (Å²) in [6, 6.07) is 10.5. The second-order valence-corrected chi connectivity index (χ2v) is 9.17. The van der Waals surface area contributed by atoms with E-state index < -0.39 is 10.2 Å². The Morgan fingerprint density at radius 1 is 1.25 bits per heavy atom. The van der Waals surface area contributed by atoms with Gasteiger partial charge in [-0.25, -0.2) is 0 Å². The first-order valence-corrected chi connectivity index (χ1v) is 10.9. The number of hydrogen-bond acceptors (Lipinski definition) is 4. The Morgan fingerprint density at radius 3 is 2.61 bits per heavy atom. The smallest absolute Gasteiger partial charge is 0.282 e. The van der Waals surface area contributed by atoms with Crippen LogP contribution in [0.1, 0.15) is 41.4 Å². The number of carbonyl (C=O) groups excluding carboxylic acids is 1. The van der Waals surface area contributed by atoms with Crippen LogP contribution in [-0.4, -0.2) is 43.1 Å². The Bertz CT molecular complexity index is 879. The fourth-order valence-electron chi connectivity index (χ4n) is 3.42. The van der Waals surface area contributed by atoms with Gasteiger partial charge < -0.3 is 9.73 Å². The lowest BCUT2D eigenvalue weighted by molar-refractivity contribution is 0.0963. The number of furan rings is 1. The molecule has 1 N–H and O–H groups in total. The highest BCUT2D eigenvalue weighted by Crippen LogP contribution is 2.23. The molecule has 3 rings (SSSR count). The molecular formula is C20H27N3O4S. The van der Waals surface area contributed by atoms with Gasteiger partial charge in [0.25, 0.3) is 16.1 Å². The van der Waals surface area contributed by atoms with Gasteiger partial charge in [-0.05, 0) is 48.6 Å². The third kappa shape index (κ3) is 4.81. The van der Waals surface area contributed by atoms with Gasteiger partial charge in [0.05, 0.1) is 12.8 Å². The van der Waals surface area contributed by atoms with Crippen LogP contribution in [0.15, 0.2) is 47.1 Å². The minimum Gasteiger partial charge on any atom is -0.468 e. The molecule has 2 heterocycles. The van der Waals surface area contributed by atoms with Gasteiger partial charge in [-0.3, -0.25) is 4.79 Å². The molecule has 1 atom stereocenters. The summed E-state index contributed by atoms with van der Waals surface area (Å²) in [7, 11) is -2.06. The van der Waals surface area contributed by atoms with E-state index in [2.05, 4.69) is 12.2 Å². The van der Waals surface area contributed by atoms with E-state index in [1.165, 1.54) is 4.31 Å². The number of nitrogens with zero attached hydrogens (tertiary/aromatic N) is 2. The van der Waals surface area contributed by atoms with Crippen molar-refractivity contribution < 1.29 is 17.6 Å². The second kappa shape index (κ2) is 8.89. The van der Waals surface area contributed by atoms with Crippen LogP contribution in [-0.2, 0) is 23.3 Å². The van der Waals surface area contributed by atoms with Crippen LogP contribution >= 0.6 is 0 Å². The fourth-order valence-corrected chi connectivity index (χ4v) is 5.16. The first-order valence-electron chi connectivity index (χ1n) is 9.49. The molecule has 7 nitrogen and oxygen atoms in total. The zero-order valence-corrected chi connectivity index (χ0v) is 17.1. The topological polar surface area (TPSA) is 82.9 Å². The molecule has 0 aliphatic carbocycles. The van der Waals surface area contributed by atoms with E-state index in [4.69, 9.17) is 4.42 Å². The van der Waals surface area contributed by atoms with Gasteiger partial charge in [0, 0.05) is 32.2 Å². The largest absolute Gasteiger partial charge is 0.468 e. The van der Waals surface area contributed by atoms with Crippen molar-refractivity contribution in [1.29, 1.82) is 0 Å². The van der Waals surface area contributed by atoms with E-state index in [0.717, 1.165) is 18.4 Å². The van der Waals surface area contributed by atoms with Gasteiger partial charge in [0.1, 0.15) is 5.76 Å². The molecule has 28 heavy (non-hydrogen) atoms. The van der Waals surface area contributed by atoms with E-state index in [0.29, 0.717) is 30.3 Å². The Morgan fingerprint density at radius 2 is 2.00 bits per heavy atom. The van der Waals surface area contributed by atoms with Crippen LogP contribution in [0.3, 0.4) is 0 Å². The molecule has 1 amide bonds. The minimum absolute atomic E-state index is 0.164. The Labute approximate surface area is 166 Å². The highest BCUT2D eigenvalue weighted by atomic mass is 32.2. The van der Waals surface area contributed by atoms with Crippen LogP contribution in [0.4, 0.5) is 0 Å². The lowest BCUT2D eigenvalue weighted by Crippen LogP contribution is -2.47. The number of carbonyl (C=O) groups is 1. The number of nitrogens with one attached hydrogen (secondary N) is 1. The maximum atomic E-state index is 13.3. The monoisotopic (exact) mass is 405 g/mol. The molecule has 8 heteroatoms. The van der Waals surface area contributed by atoms with Crippen molar-refractivity contribution in [3.05, 3.63) is 59.5 Å². The first-order chi connectivity index (χ1) is 13.4. The van der Waals surface area contributed by atoms with Gasteiger partial charge in [-0.2, -0.15) is 17.0 Å². The summed E-state index contributed by atoms with van der Waals surface area (Å²) in [5.41, 5.74) is 1.35. The van der Waals surface area contributed by atoms with E-state index in [-0.39, 0.29) is 19.0 Å². The zero-order valence-electron chi connectivity index (χ0n) is 16.3. The molecule has 0 radical (unpaired) electrons. The lowest BCUT2D eigenvalue weighted by atomic mass is 10.0. The van der Waals surface area contributed by atoms with Crippen LogP contribution < -0.4 is 5.32 Å². The summed E-state index contributed by atoms with van der Waals surface area (Å²) in [5.74, 6) is 0.769. The number of rotatable bonds is 7. The molecule has 1 aliphatic heterocycles. The van der Waals surface area contributed by atoms with Gasteiger partial charge in [0.2, 0.25) is 0 Å². The van der Waals surface area contributed by atoms with Crippen LogP contribution in [0.2, 0.25) is 0 Å². The van der Waals surface area contributed by atoms with E-state index in [1.807, 2.05) is 0 Å². The Balaban J connectivity index is 1.83. The molecule has 1 aromatic carbocycles. The summed E-state index contributed by atoms with van der Waals surface area (Å²) >= 11 is 0. The Hall–Kier alpha value is -2.16. The predicted molar refractivity (Wildman–Crippen MR) is 107 cm³/mol. The number of amides is 1. The molecular weight excluding hydrogens is 378 g/mol. The van der Waals surface area contributed by atoms with Crippen molar-refractivity contribution in [3.63, 3.8) is 0 Å². The summed E-state index contributed by atoms with van der Waals surface area (Å²) in [6.07, 6.45) is 3.46. The van der Waals surface area contributed by atoms with Crippen LogP contribution in [0.25, 0.3) is 0 Å². The predicted octanol–water partition coefficient (Wildman–Crippen LogP) is 2.62. The van der Waals surface area contributed by atoms with Crippen molar-refractivity contribution in [2.45, 2.75) is 32.9 Å². The molecule has 152 valence electrons. The minimum atomic E-state index is -3.64. The lowest BCUT2D eigenvalue weighted by Gasteiger charge is -2.34. The summed E-state index contributed by atoms with van der Waals surface area (Å²) < 4.78 is 35.1. The van der Waals surface area contributed by atoms with Crippen LogP contribution in [0.5, 0.6) is 0 Å². The summed E-state index contributed by atoms with van der Waals surface area (Å²) in [6.45, 7) is 3.53. The standard InChI is InChI=1S/C20H27N3O4S/c1-16-5-3-11-22(13-16)28(25,26)23(15-19-6-4-12-27-19)14-17-7-9-18(10-8-17)20(24)21-2/h4,6-10,12,16H,3,5,11,13-15H2,1-2H3,(H,21,24)/t16-/m0/s1. The number of hydrogen-bond donors (Lipinski definition) is 1. The molecule has 0 spiro atoms. The van der Waals surface area contributed by atoms with Gasteiger partial charge in [-0.1, -0.05) is 19.1 Å². The van der Waals surface area contributed by atoms with E-state index in [1.54, 1.807) is 54.0 Å². The second-order valence-electron chi connectivity index (χ2n) is 7.24. The number of benzene rings is 1. The SMILES string of the molecule is CNC(=O)c1ccc(CN(Cc2ccco2)S(=O)(=O)N2CCC[C@H](C)C2)cc1. The summed E-state index contributed by atoms with van der Waals surface area (Å²) in [5, 5.41) is 2.58. The highest BCUT2D eigenvalue weighted by molar-refractivity contribution is 7.86. The van der Waals surface area contributed by atoms with Crippen molar-refractivity contribution in [2.75, 3.05) is 20.1 Å². The van der Waals surface area contributed by atoms with Crippen molar-refractivity contribution >= 4 is 16.1 Å². The summed E-state index contributed by atoms with van der Waals surface area (Å²) in [4.78, 5) is 11.7. The molecule has 0 saturated carbocycles. The average molecular weight is 406 g/mol. The fraction of sp³-hybridized carbons (Fsp3) is 0.450. The molecule has 2 aromatic rings. The van der Waals surface area contributed by atoms with E-state index in [9.17, 15) is 13.2 Å². The average Bonchev–Trinajstić information content (AvgIpc) is 3.20. The van der Waals surface area contributed by atoms with Crippen molar-refractivity contribution in [3.8, 4) is 0 Å². The molecule has 1 fully saturated rings. The first kappa shape index (κ1) is 20.6. The van der Waals surface area contributed by atoms with Crippen LogP contribution in [0, 0.1) is 5.92 Å². The molecule has 1 aromatic heterocycles. The third-order valence-corrected chi connectivity index (χ3v) is 6.88. The molecule has 0 bridgehead atoms. The zero-order chi connectivity index (χ0) is 20.1. The maximum absolute atomic E-state index is 13.3. The highest BCUT2D eigenvalue weighted by Gasteiger charge is 2.33. The normalized spacial score (nSPS) is 18.3. The van der Waals surface area contributed by atoms with Crippen molar-refractivity contribution in [2.24, 2.45) is 5.92 Å². The quantitative estimate of drug-likeness (QED) is 0.768. The van der Waals surface area contributed by atoms with Gasteiger partial charge in [0.15, 0.2) is 0 Å². The van der Waals surface area contributed by atoms with E-state index >= 15 is 0 Å².